The number of benzene rings is 2. The number of amides is 2. The van der Waals surface area contributed by atoms with Crippen LogP contribution < -0.4 is 10.2 Å². The molecule has 0 radical (unpaired) electrons. The van der Waals surface area contributed by atoms with Crippen molar-refractivity contribution in [1.82, 2.24) is 14.9 Å². The fraction of sp³-hybridized carbons (Fsp3) is 0.348. The normalized spacial score (nSPS) is 18.5. The molecule has 1 aliphatic carbocycles. The molecule has 0 spiro atoms. The first kappa shape index (κ1) is 19.2. The third-order valence-corrected chi connectivity index (χ3v) is 5.54. The van der Waals surface area contributed by atoms with Gasteiger partial charge in [0.1, 0.15) is 0 Å². The van der Waals surface area contributed by atoms with Gasteiger partial charge in [-0.3, -0.25) is 14.5 Å². The molecule has 1 N–H and O–H groups in total. The highest BCUT2D eigenvalue weighted by molar-refractivity contribution is 6.06. The second kappa shape index (κ2) is 7.70. The van der Waals surface area contributed by atoms with Crippen molar-refractivity contribution < 1.29 is 9.59 Å². The Morgan fingerprint density at radius 2 is 1.86 bits per heavy atom. The van der Waals surface area contributed by atoms with E-state index in [1.54, 1.807) is 18.2 Å². The Hall–Kier alpha value is -3.15. The van der Waals surface area contributed by atoms with Crippen molar-refractivity contribution in [2.75, 3.05) is 4.90 Å². The second-order valence-electron chi connectivity index (χ2n) is 8.02. The number of rotatable bonds is 5. The zero-order chi connectivity index (χ0) is 20.5. The molecular weight excluding hydrogens is 364 g/mol. The van der Waals surface area contributed by atoms with E-state index in [0.717, 1.165) is 29.3 Å². The van der Waals surface area contributed by atoms with Gasteiger partial charge < -0.3 is 9.88 Å². The highest BCUT2D eigenvalue weighted by atomic mass is 16.2. The van der Waals surface area contributed by atoms with Gasteiger partial charge in [0, 0.05) is 36.5 Å². The zero-order valence-corrected chi connectivity index (χ0v) is 17.0. The van der Waals surface area contributed by atoms with Crippen molar-refractivity contribution in [2.45, 2.75) is 45.7 Å². The highest BCUT2D eigenvalue weighted by Gasteiger charge is 2.32. The number of nitrogens with zero attached hydrogens (tertiary/aromatic N) is 3. The van der Waals surface area contributed by atoms with Crippen LogP contribution in [0.25, 0.3) is 10.8 Å². The van der Waals surface area contributed by atoms with Crippen LogP contribution >= 0.6 is 0 Å². The first-order valence-corrected chi connectivity index (χ1v) is 10.1. The Morgan fingerprint density at radius 3 is 2.59 bits per heavy atom. The summed E-state index contributed by atoms with van der Waals surface area (Å²) in [6.45, 7) is 5.36. The number of nitrogens with one attached hydrogen (secondary N) is 1. The molecule has 1 heterocycles. The predicted molar refractivity (Wildman–Crippen MR) is 114 cm³/mol. The molecule has 6 heteroatoms. The Kier molecular flexibility index (Phi) is 5.09. The van der Waals surface area contributed by atoms with Crippen molar-refractivity contribution in [2.24, 2.45) is 5.92 Å². The molecular formula is C23H26N4O2. The standard InChI is InChI=1S/C23H26N4O2/c1-15(2)23(29)25-18-11-19(12-18)26-13-22(24-14-26)27(16(3)28)21-10-6-8-17-7-4-5-9-20(17)21/h4-10,13-15,18-19H,11-12H2,1-3H3,(H,25,29). The SMILES string of the molecule is CC(=O)N(c1cn(C2CC(NC(=O)C(C)C)C2)cn1)c1cccc2ccccc12. The molecule has 3 aromatic rings. The molecule has 0 bridgehead atoms. The molecule has 0 atom stereocenters. The van der Waals surface area contributed by atoms with Crippen molar-refractivity contribution in [3.8, 4) is 0 Å². The Morgan fingerprint density at radius 1 is 1.14 bits per heavy atom. The summed E-state index contributed by atoms with van der Waals surface area (Å²) < 4.78 is 2.05. The number of hydrogen-bond donors (Lipinski definition) is 1. The number of hydrogen-bond acceptors (Lipinski definition) is 3. The Bertz CT molecular complexity index is 1040. The van der Waals surface area contributed by atoms with Gasteiger partial charge in [0.2, 0.25) is 11.8 Å². The van der Waals surface area contributed by atoms with E-state index in [2.05, 4.69) is 14.9 Å². The summed E-state index contributed by atoms with van der Waals surface area (Å²) >= 11 is 0. The van der Waals surface area contributed by atoms with Crippen LogP contribution in [0.4, 0.5) is 11.5 Å². The van der Waals surface area contributed by atoms with Gasteiger partial charge >= 0.3 is 0 Å². The van der Waals surface area contributed by atoms with E-state index in [1.807, 2.05) is 62.5 Å². The number of anilines is 2. The van der Waals surface area contributed by atoms with Crippen LogP contribution in [0.5, 0.6) is 0 Å². The number of aromatic nitrogens is 2. The van der Waals surface area contributed by atoms with E-state index in [-0.39, 0.29) is 29.8 Å². The van der Waals surface area contributed by atoms with Crippen LogP contribution in [-0.4, -0.2) is 27.4 Å². The topological polar surface area (TPSA) is 67.2 Å². The van der Waals surface area contributed by atoms with Gasteiger partial charge in [0.05, 0.1) is 12.0 Å². The average Bonchev–Trinajstić information content (AvgIpc) is 3.13. The molecule has 150 valence electrons. The van der Waals surface area contributed by atoms with Crippen molar-refractivity contribution in [1.29, 1.82) is 0 Å². The molecule has 29 heavy (non-hydrogen) atoms. The minimum Gasteiger partial charge on any atom is -0.353 e. The lowest BCUT2D eigenvalue weighted by molar-refractivity contribution is -0.125. The first-order chi connectivity index (χ1) is 13.9. The smallest absolute Gasteiger partial charge is 0.229 e. The molecule has 1 aliphatic rings. The maximum Gasteiger partial charge on any atom is 0.229 e. The van der Waals surface area contributed by atoms with E-state index in [1.165, 1.54) is 0 Å². The van der Waals surface area contributed by atoms with Gasteiger partial charge in [-0.2, -0.15) is 0 Å². The van der Waals surface area contributed by atoms with Gasteiger partial charge in [-0.25, -0.2) is 4.98 Å². The lowest BCUT2D eigenvalue weighted by Gasteiger charge is -2.36. The zero-order valence-electron chi connectivity index (χ0n) is 17.0. The Labute approximate surface area is 170 Å². The fourth-order valence-corrected chi connectivity index (χ4v) is 3.82. The molecule has 1 saturated carbocycles. The highest BCUT2D eigenvalue weighted by Crippen LogP contribution is 2.36. The van der Waals surface area contributed by atoms with E-state index >= 15 is 0 Å². The summed E-state index contributed by atoms with van der Waals surface area (Å²) in [4.78, 5) is 30.5. The van der Waals surface area contributed by atoms with Crippen LogP contribution in [0.2, 0.25) is 0 Å². The van der Waals surface area contributed by atoms with Crippen LogP contribution in [0.15, 0.2) is 55.0 Å². The minimum atomic E-state index is -0.0812. The van der Waals surface area contributed by atoms with Crippen molar-refractivity contribution in [3.05, 3.63) is 55.0 Å². The van der Waals surface area contributed by atoms with Crippen LogP contribution in [-0.2, 0) is 9.59 Å². The van der Waals surface area contributed by atoms with Crippen LogP contribution in [0.3, 0.4) is 0 Å². The van der Waals surface area contributed by atoms with Gasteiger partial charge in [-0.05, 0) is 24.3 Å². The molecule has 4 rings (SSSR count). The molecule has 0 unspecified atom stereocenters. The molecule has 2 aromatic carbocycles. The lowest BCUT2D eigenvalue weighted by atomic mass is 9.86. The number of imidazole rings is 1. The first-order valence-electron chi connectivity index (χ1n) is 10.1. The predicted octanol–water partition coefficient (Wildman–Crippen LogP) is 4.20. The average molecular weight is 390 g/mol. The van der Waals surface area contributed by atoms with E-state index in [0.29, 0.717) is 5.82 Å². The monoisotopic (exact) mass is 390 g/mol. The molecule has 1 aromatic heterocycles. The lowest BCUT2D eigenvalue weighted by Crippen LogP contribution is -2.46. The molecule has 6 nitrogen and oxygen atoms in total. The maximum absolute atomic E-state index is 12.5. The fourth-order valence-electron chi connectivity index (χ4n) is 3.82. The van der Waals surface area contributed by atoms with Gasteiger partial charge in [0.25, 0.3) is 0 Å². The summed E-state index contributed by atoms with van der Waals surface area (Å²) in [5.74, 6) is 0.628. The van der Waals surface area contributed by atoms with Gasteiger partial charge in [-0.1, -0.05) is 50.2 Å². The molecule has 1 fully saturated rings. The summed E-state index contributed by atoms with van der Waals surface area (Å²) in [7, 11) is 0. The maximum atomic E-state index is 12.5. The van der Waals surface area contributed by atoms with Crippen molar-refractivity contribution in [3.63, 3.8) is 0 Å². The van der Waals surface area contributed by atoms with E-state index in [4.69, 9.17) is 0 Å². The number of carbonyl (C=O) groups is 2. The summed E-state index contributed by atoms with van der Waals surface area (Å²) in [5, 5.41) is 5.17. The quantitative estimate of drug-likeness (QED) is 0.710. The summed E-state index contributed by atoms with van der Waals surface area (Å²) in [5.41, 5.74) is 0.830. The summed E-state index contributed by atoms with van der Waals surface area (Å²) in [6.07, 6.45) is 5.46. The molecule has 2 amide bonds. The molecule has 0 aliphatic heterocycles. The third kappa shape index (κ3) is 3.75. The van der Waals surface area contributed by atoms with E-state index in [9.17, 15) is 9.59 Å². The van der Waals surface area contributed by atoms with E-state index < -0.39 is 0 Å². The minimum absolute atomic E-state index is 0.00119. The van der Waals surface area contributed by atoms with Gasteiger partial charge in [0.15, 0.2) is 5.82 Å². The number of carbonyl (C=O) groups excluding carboxylic acids is 2. The summed E-state index contributed by atoms with van der Waals surface area (Å²) in [6, 6.07) is 14.5. The molecule has 0 saturated heterocycles. The number of fused-ring (bicyclic) bond motifs is 1. The van der Waals surface area contributed by atoms with Crippen LogP contribution in [0.1, 0.15) is 39.7 Å². The van der Waals surface area contributed by atoms with Gasteiger partial charge in [-0.15, -0.1) is 0 Å². The Balaban J connectivity index is 1.55. The second-order valence-corrected chi connectivity index (χ2v) is 8.02. The largest absolute Gasteiger partial charge is 0.353 e. The third-order valence-electron chi connectivity index (χ3n) is 5.54. The van der Waals surface area contributed by atoms with Crippen LogP contribution in [0, 0.1) is 5.92 Å². The van der Waals surface area contributed by atoms with Crippen molar-refractivity contribution >= 4 is 34.1 Å².